The van der Waals surface area contributed by atoms with Crippen LogP contribution in [0.25, 0.3) is 0 Å². The summed E-state index contributed by atoms with van der Waals surface area (Å²) in [6, 6.07) is 0. The van der Waals surface area contributed by atoms with Crippen molar-refractivity contribution in [1.82, 2.24) is 5.32 Å². The Morgan fingerprint density at radius 3 is 2.40 bits per heavy atom. The molecule has 0 spiro atoms. The van der Waals surface area contributed by atoms with Gasteiger partial charge < -0.3 is 5.32 Å². The summed E-state index contributed by atoms with van der Waals surface area (Å²) in [5.74, 6) is 0. The zero-order valence-electron chi connectivity index (χ0n) is 6.82. The smallest absolute Gasteiger partial charge is 0.0340 e. The zero-order valence-corrected chi connectivity index (χ0v) is 6.82. The molecule has 1 saturated carbocycles. The van der Waals surface area contributed by atoms with Crippen molar-refractivity contribution in [1.29, 1.82) is 0 Å². The molecule has 0 aliphatic heterocycles. The average molecular weight is 139 g/mol. The van der Waals surface area contributed by atoms with Crippen LogP contribution >= 0.6 is 0 Å². The van der Waals surface area contributed by atoms with Crippen molar-refractivity contribution in [3.05, 3.63) is 12.8 Å². The van der Waals surface area contributed by atoms with E-state index in [4.69, 9.17) is 0 Å². The highest BCUT2D eigenvalue weighted by Crippen LogP contribution is 2.27. The monoisotopic (exact) mass is 139 g/mol. The van der Waals surface area contributed by atoms with Crippen LogP contribution in [0.3, 0.4) is 0 Å². The first-order valence-corrected chi connectivity index (χ1v) is 4.15. The van der Waals surface area contributed by atoms with Crippen LogP contribution in [0.2, 0.25) is 0 Å². The van der Waals surface area contributed by atoms with Crippen LogP contribution in [-0.2, 0) is 0 Å². The van der Waals surface area contributed by atoms with E-state index < -0.39 is 0 Å². The van der Waals surface area contributed by atoms with Crippen LogP contribution in [0.15, 0.2) is 12.8 Å². The lowest BCUT2D eigenvalue weighted by molar-refractivity contribution is 0.282. The van der Waals surface area contributed by atoms with Gasteiger partial charge in [-0.1, -0.05) is 25.8 Å². The summed E-state index contributed by atoms with van der Waals surface area (Å²) in [6.45, 7) is 5.97. The second kappa shape index (κ2) is 3.09. The lowest BCUT2D eigenvalue weighted by Gasteiger charge is -2.33. The Hall–Kier alpha value is -0.460. The van der Waals surface area contributed by atoms with E-state index in [2.05, 4.69) is 18.8 Å². The molecule has 1 fully saturated rings. The van der Waals surface area contributed by atoms with Crippen LogP contribution in [0.5, 0.6) is 0 Å². The molecule has 0 bridgehead atoms. The first kappa shape index (κ1) is 7.64. The van der Waals surface area contributed by atoms with Gasteiger partial charge in [-0.2, -0.15) is 0 Å². The molecule has 0 aromatic rings. The molecule has 1 rings (SSSR count). The van der Waals surface area contributed by atoms with Gasteiger partial charge in [0.1, 0.15) is 0 Å². The molecule has 0 aromatic heterocycles. The molecule has 1 aliphatic carbocycles. The quantitative estimate of drug-likeness (QED) is 0.619. The van der Waals surface area contributed by atoms with E-state index in [0.29, 0.717) is 5.54 Å². The van der Waals surface area contributed by atoms with E-state index in [1.54, 1.807) is 0 Å². The summed E-state index contributed by atoms with van der Waals surface area (Å²) in [6.07, 6.45) is 8.59. The molecule has 0 unspecified atom stereocenters. The van der Waals surface area contributed by atoms with Crippen LogP contribution in [0, 0.1) is 0 Å². The van der Waals surface area contributed by atoms with Gasteiger partial charge in [0.25, 0.3) is 0 Å². The highest BCUT2D eigenvalue weighted by molar-refractivity contribution is 4.89. The minimum absolute atomic E-state index is 0.361. The van der Waals surface area contributed by atoms with E-state index in [-0.39, 0.29) is 0 Å². The summed E-state index contributed by atoms with van der Waals surface area (Å²) in [5, 5.41) is 3.32. The molecule has 0 atom stereocenters. The maximum Gasteiger partial charge on any atom is 0.0340 e. The molecule has 0 saturated heterocycles. The van der Waals surface area contributed by atoms with Crippen LogP contribution < -0.4 is 5.32 Å². The van der Waals surface area contributed by atoms with Gasteiger partial charge in [-0.25, -0.2) is 0 Å². The molecule has 1 aliphatic rings. The van der Waals surface area contributed by atoms with Gasteiger partial charge in [0, 0.05) is 5.54 Å². The normalized spacial score (nSPS) is 23.7. The largest absolute Gasteiger partial charge is 0.386 e. The minimum Gasteiger partial charge on any atom is -0.386 e. The Morgan fingerprint density at radius 1 is 1.30 bits per heavy atom. The van der Waals surface area contributed by atoms with Crippen molar-refractivity contribution >= 4 is 0 Å². The summed E-state index contributed by atoms with van der Waals surface area (Å²) in [5.41, 5.74) is 0.361. The maximum absolute atomic E-state index is 3.69. The molecule has 58 valence electrons. The van der Waals surface area contributed by atoms with Gasteiger partial charge in [0.2, 0.25) is 0 Å². The Bertz CT molecular complexity index is 112. The molecule has 1 N–H and O–H groups in total. The second-order valence-corrected chi connectivity index (χ2v) is 3.47. The van der Waals surface area contributed by atoms with E-state index in [0.717, 1.165) is 0 Å². The fourth-order valence-electron chi connectivity index (χ4n) is 1.72. The van der Waals surface area contributed by atoms with Gasteiger partial charge in [-0.15, -0.1) is 0 Å². The van der Waals surface area contributed by atoms with Crippen LogP contribution in [0.1, 0.15) is 39.0 Å². The van der Waals surface area contributed by atoms with Crippen LogP contribution in [-0.4, -0.2) is 5.54 Å². The number of rotatable bonds is 2. The molecular formula is C9H17N. The lowest BCUT2D eigenvalue weighted by atomic mass is 9.83. The van der Waals surface area contributed by atoms with Crippen molar-refractivity contribution < 1.29 is 0 Å². The maximum atomic E-state index is 3.69. The summed E-state index contributed by atoms with van der Waals surface area (Å²) in [7, 11) is 0. The minimum atomic E-state index is 0.361. The van der Waals surface area contributed by atoms with Crippen molar-refractivity contribution in [3.8, 4) is 0 Å². The second-order valence-electron chi connectivity index (χ2n) is 3.47. The fourth-order valence-corrected chi connectivity index (χ4v) is 1.72. The highest BCUT2D eigenvalue weighted by atomic mass is 14.9. The highest BCUT2D eigenvalue weighted by Gasteiger charge is 2.24. The summed E-state index contributed by atoms with van der Waals surface area (Å²) < 4.78 is 0. The molecule has 0 aromatic carbocycles. The number of hydrogen-bond donors (Lipinski definition) is 1. The third-order valence-electron chi connectivity index (χ3n) is 2.41. The van der Waals surface area contributed by atoms with Crippen molar-refractivity contribution in [3.63, 3.8) is 0 Å². The molecule has 0 heterocycles. The Kier molecular flexibility index (Phi) is 2.36. The first-order valence-electron chi connectivity index (χ1n) is 4.15. The Labute approximate surface area is 63.5 Å². The predicted molar refractivity (Wildman–Crippen MR) is 44.8 cm³/mol. The number of hydrogen-bond acceptors (Lipinski definition) is 1. The molecule has 10 heavy (non-hydrogen) atoms. The molecular weight excluding hydrogens is 122 g/mol. The van der Waals surface area contributed by atoms with Crippen LogP contribution in [0.4, 0.5) is 0 Å². The van der Waals surface area contributed by atoms with Gasteiger partial charge >= 0.3 is 0 Å². The first-order chi connectivity index (χ1) is 4.77. The van der Waals surface area contributed by atoms with Crippen molar-refractivity contribution in [2.45, 2.75) is 44.6 Å². The third kappa shape index (κ3) is 1.76. The molecule has 1 nitrogen and oxygen atoms in total. The average Bonchev–Trinajstić information content (AvgIpc) is 1.89. The third-order valence-corrected chi connectivity index (χ3v) is 2.41. The SMILES string of the molecule is C=CNC1(C)CCCCC1. The lowest BCUT2D eigenvalue weighted by Crippen LogP contribution is -2.40. The topological polar surface area (TPSA) is 12.0 Å². The van der Waals surface area contributed by atoms with E-state index in [1.807, 2.05) is 6.20 Å². The fraction of sp³-hybridized carbons (Fsp3) is 0.778. The summed E-state index contributed by atoms with van der Waals surface area (Å²) >= 11 is 0. The Morgan fingerprint density at radius 2 is 1.90 bits per heavy atom. The van der Waals surface area contributed by atoms with Gasteiger partial charge in [0.05, 0.1) is 0 Å². The zero-order chi connectivity index (χ0) is 7.45. The van der Waals surface area contributed by atoms with E-state index in [1.165, 1.54) is 32.1 Å². The van der Waals surface area contributed by atoms with E-state index in [9.17, 15) is 0 Å². The molecule has 0 radical (unpaired) electrons. The standard InChI is InChI=1S/C9H17N/c1-3-10-9(2)7-5-4-6-8-9/h3,10H,1,4-8H2,2H3. The van der Waals surface area contributed by atoms with Gasteiger partial charge in [0.15, 0.2) is 0 Å². The molecule has 0 amide bonds. The van der Waals surface area contributed by atoms with E-state index >= 15 is 0 Å². The van der Waals surface area contributed by atoms with Gasteiger partial charge in [-0.05, 0) is 26.0 Å². The van der Waals surface area contributed by atoms with Crippen molar-refractivity contribution in [2.24, 2.45) is 0 Å². The molecule has 1 heteroatoms. The number of nitrogens with one attached hydrogen (secondary N) is 1. The van der Waals surface area contributed by atoms with Gasteiger partial charge in [-0.3, -0.25) is 0 Å². The predicted octanol–water partition coefficient (Wildman–Crippen LogP) is 2.44. The van der Waals surface area contributed by atoms with Crippen molar-refractivity contribution in [2.75, 3.05) is 0 Å². The summed E-state index contributed by atoms with van der Waals surface area (Å²) in [4.78, 5) is 0. The Balaban J connectivity index is 2.39.